The number of rotatable bonds is 7. The quantitative estimate of drug-likeness (QED) is 0.384. The first kappa shape index (κ1) is 25.4. The molecule has 112 valence electrons. The second kappa shape index (κ2) is 13.2. The molecule has 3 heteroatoms. The van der Waals surface area contributed by atoms with Gasteiger partial charge in [-0.2, -0.15) is 0 Å². The van der Waals surface area contributed by atoms with E-state index in [0.717, 1.165) is 0 Å². The van der Waals surface area contributed by atoms with Crippen LogP contribution in [0.3, 0.4) is 0 Å². The van der Waals surface area contributed by atoms with Crippen LogP contribution in [0.2, 0.25) is 13.1 Å². The Morgan fingerprint density at radius 2 is 1.35 bits per heavy atom. The maximum atomic E-state index is 4.25. The molecule has 0 amide bonds. The Kier molecular flexibility index (Phi) is 16.8. The van der Waals surface area contributed by atoms with Crippen molar-refractivity contribution in [3.8, 4) is 0 Å². The van der Waals surface area contributed by atoms with E-state index in [4.69, 9.17) is 0 Å². The van der Waals surface area contributed by atoms with E-state index in [0.29, 0.717) is 0 Å². The molecule has 0 atom stereocenters. The fraction of sp³-hybridized carbons (Fsp3) is 0.588. The van der Waals surface area contributed by atoms with Crippen LogP contribution in [0.25, 0.3) is 0 Å². The minimum absolute atomic E-state index is 0. The van der Waals surface area contributed by atoms with Gasteiger partial charge in [0.15, 0.2) is 0 Å². The van der Waals surface area contributed by atoms with Crippen molar-refractivity contribution >= 4 is 31.1 Å². The van der Waals surface area contributed by atoms with Crippen LogP contribution < -0.4 is 12.4 Å². The molecule has 0 aromatic rings. The third-order valence-corrected chi connectivity index (χ3v) is 4.03. The number of allylic oxidation sites excluding steroid dienone is 5. The Morgan fingerprint density at radius 1 is 0.900 bits per heavy atom. The Labute approximate surface area is 150 Å². The molecule has 0 aliphatic carbocycles. The van der Waals surface area contributed by atoms with E-state index in [9.17, 15) is 0 Å². The van der Waals surface area contributed by atoms with Gasteiger partial charge in [-0.05, 0) is 53.4 Å². The largest absolute Gasteiger partial charge is 2.00 e. The Hall–Kier alpha value is 0.493. The molecule has 0 aliphatic heterocycles. The van der Waals surface area contributed by atoms with E-state index >= 15 is 0 Å². The van der Waals surface area contributed by atoms with Gasteiger partial charge in [0.1, 0.15) is 0 Å². The van der Waals surface area contributed by atoms with Crippen LogP contribution in [0.1, 0.15) is 53.4 Å². The fourth-order valence-corrected chi connectivity index (χ4v) is 3.45. The van der Waals surface area contributed by atoms with Crippen LogP contribution in [0.15, 0.2) is 34.6 Å². The zero-order chi connectivity index (χ0) is 14.2. The molecule has 0 heterocycles. The second-order valence-corrected chi connectivity index (χ2v) is 10.7. The van der Waals surface area contributed by atoms with Gasteiger partial charge in [0.05, 0.1) is 0 Å². The fourth-order valence-electron chi connectivity index (χ4n) is 1.98. The molecule has 0 aromatic carbocycles. The van der Waals surface area contributed by atoms with Crippen LogP contribution in [0.4, 0.5) is 0 Å². The Morgan fingerprint density at radius 3 is 1.80 bits per heavy atom. The molecule has 20 heavy (non-hydrogen) atoms. The second-order valence-electron chi connectivity index (χ2n) is 6.39. The van der Waals surface area contributed by atoms with Crippen LogP contribution >= 0.6 is 0 Å². The molecule has 0 radical (unpaired) electrons. The smallest absolute Gasteiger partial charge is 1.00 e. The molecule has 0 nitrogen and oxygen atoms in total. The van der Waals surface area contributed by atoms with E-state index in [1.807, 2.05) is 0 Å². The summed E-state index contributed by atoms with van der Waals surface area (Å²) in [5.41, 5.74) is 6.87. The van der Waals surface area contributed by atoms with Crippen molar-refractivity contribution < 1.29 is 12.4 Å². The van der Waals surface area contributed by atoms with Crippen LogP contribution in [-0.4, -0.2) is 31.1 Å². The molecular weight excluding hydrogens is 292 g/mol. The summed E-state index contributed by atoms with van der Waals surface area (Å²) in [7, 11) is -1.27. The van der Waals surface area contributed by atoms with Crippen molar-refractivity contribution in [2.45, 2.75) is 66.5 Å². The van der Waals surface area contributed by atoms with E-state index in [-0.39, 0.29) is 35.5 Å². The van der Waals surface area contributed by atoms with Crippen molar-refractivity contribution in [3.63, 3.8) is 0 Å². The number of halogens is 1. The van der Waals surface area contributed by atoms with E-state index in [2.05, 4.69) is 65.2 Å². The summed E-state index contributed by atoms with van der Waals surface area (Å²) in [6.07, 6.45) is 9.45. The molecule has 0 rings (SSSR count). The van der Waals surface area contributed by atoms with Crippen molar-refractivity contribution in [1.29, 1.82) is 0 Å². The summed E-state index contributed by atoms with van der Waals surface area (Å²) in [6.45, 7) is 17.6. The maximum Gasteiger partial charge on any atom is 2.00 e. The minimum atomic E-state index is -1.27. The molecule has 0 unspecified atom stereocenters. The van der Waals surface area contributed by atoms with Crippen molar-refractivity contribution in [1.82, 2.24) is 0 Å². The molecule has 0 N–H and O–H groups in total. The van der Waals surface area contributed by atoms with Crippen molar-refractivity contribution in [3.05, 3.63) is 41.1 Å². The third-order valence-electron chi connectivity index (χ3n) is 2.76. The average molecular weight is 323 g/mol. The first-order valence-corrected chi connectivity index (χ1v) is 10.3. The van der Waals surface area contributed by atoms with E-state index in [1.54, 1.807) is 0 Å². The topological polar surface area (TPSA) is 0 Å². The zero-order valence-corrected chi connectivity index (χ0v) is 17.5. The normalized spacial score (nSPS) is 12.3. The predicted octanol–water partition coefficient (Wildman–Crippen LogP) is 2.65. The van der Waals surface area contributed by atoms with Gasteiger partial charge in [0.25, 0.3) is 0 Å². The van der Waals surface area contributed by atoms with Crippen LogP contribution in [0.5, 0.6) is 0 Å². The molecule has 0 saturated heterocycles. The third kappa shape index (κ3) is 18.5. The predicted molar refractivity (Wildman–Crippen MR) is 94.0 cm³/mol. The van der Waals surface area contributed by atoms with E-state index < -0.39 is 8.07 Å². The molecule has 0 spiro atoms. The number of hydrogen-bond acceptors (Lipinski definition) is 0. The van der Waals surface area contributed by atoms with Gasteiger partial charge in [0, 0.05) is 0 Å². The van der Waals surface area contributed by atoms with Gasteiger partial charge in [-0.25, -0.2) is 0 Å². The maximum absolute atomic E-state index is 4.25. The van der Waals surface area contributed by atoms with Crippen LogP contribution in [0, 0.1) is 6.55 Å². The summed E-state index contributed by atoms with van der Waals surface area (Å²) >= 11 is 0. The average Bonchev–Trinajstić information content (AvgIpc) is 2.13. The molecule has 0 aromatic heterocycles. The number of hydrogen-bond donors (Lipinski definition) is 0. The van der Waals surface area contributed by atoms with E-state index in [1.165, 1.54) is 42.4 Å². The standard InChI is InChI=1S/C17H31Si.ClH.Mg/c1-15(2)10-8-11-16(3)12-9-13-17(4)14-18(5,6)7;;/h10,12,14H,5,8-9,11,13H2,1-4,6-7H3;1H;/q-1;;+2/p-1/b16-12+,17-14+;;. The summed E-state index contributed by atoms with van der Waals surface area (Å²) in [5, 5.41) is 0. The Balaban J connectivity index is -0.00000144. The van der Waals surface area contributed by atoms with Crippen LogP contribution in [-0.2, 0) is 0 Å². The van der Waals surface area contributed by atoms with Gasteiger partial charge in [0.2, 0.25) is 0 Å². The van der Waals surface area contributed by atoms with Gasteiger partial charge in [-0.1, -0.05) is 50.0 Å². The van der Waals surface area contributed by atoms with Gasteiger partial charge in [-0.3, -0.25) is 0 Å². The molecular formula is C17H31ClMgSi. The zero-order valence-electron chi connectivity index (χ0n) is 14.4. The molecule has 0 saturated carbocycles. The monoisotopic (exact) mass is 322 g/mol. The molecule has 0 aliphatic rings. The van der Waals surface area contributed by atoms with Crippen molar-refractivity contribution in [2.24, 2.45) is 0 Å². The summed E-state index contributed by atoms with van der Waals surface area (Å²) in [6, 6.07) is 0. The molecule has 0 fully saturated rings. The van der Waals surface area contributed by atoms with Gasteiger partial charge >= 0.3 is 23.1 Å². The molecule has 0 bridgehead atoms. The van der Waals surface area contributed by atoms with Crippen molar-refractivity contribution in [2.75, 3.05) is 0 Å². The van der Waals surface area contributed by atoms with Gasteiger partial charge < -0.3 is 19.0 Å². The summed E-state index contributed by atoms with van der Waals surface area (Å²) < 4.78 is 0. The summed E-state index contributed by atoms with van der Waals surface area (Å²) in [5.74, 6) is 0. The SMILES string of the molecule is [CH2-][Si](C)(C)/C=C(\C)CC/C=C(\C)CCC=C(C)C.[Cl-].[Mg+2]. The first-order chi connectivity index (χ1) is 8.20. The first-order valence-electron chi connectivity index (χ1n) is 7.03. The minimum Gasteiger partial charge on any atom is -1.00 e. The summed E-state index contributed by atoms with van der Waals surface area (Å²) in [4.78, 5) is 0. The Bertz CT molecular complexity index is 331. The van der Waals surface area contributed by atoms with Gasteiger partial charge in [-0.15, -0.1) is 5.70 Å².